The Morgan fingerprint density at radius 2 is 1.70 bits per heavy atom. The van der Waals surface area contributed by atoms with Crippen LogP contribution in [0.25, 0.3) is 0 Å². The van der Waals surface area contributed by atoms with Crippen LogP contribution in [-0.2, 0) is 4.79 Å². The Bertz CT molecular complexity index is 796. The van der Waals surface area contributed by atoms with Crippen molar-refractivity contribution >= 4 is 23.7 Å². The minimum Gasteiger partial charge on any atom is -0.480 e. The summed E-state index contributed by atoms with van der Waals surface area (Å²) in [6.07, 6.45) is 4.74. The molecule has 144 valence electrons. The zero-order valence-electron chi connectivity index (χ0n) is 15.5. The monoisotopic (exact) mass is 372 g/mol. The van der Waals surface area contributed by atoms with Gasteiger partial charge in [-0.05, 0) is 37.0 Å². The number of fused-ring (bicyclic) bond motifs is 1. The summed E-state index contributed by atoms with van der Waals surface area (Å²) < 4.78 is 0. The van der Waals surface area contributed by atoms with E-state index in [1.807, 2.05) is 0 Å². The van der Waals surface area contributed by atoms with Gasteiger partial charge in [0.05, 0.1) is 11.1 Å². The number of nitrogens with one attached hydrogen (secondary N) is 1. The minimum absolute atomic E-state index is 0.0826. The SMILES string of the molecule is CC(C)[C@H](NC(=O)c1ccc2c(c1)C(=O)N(C1CCCCC1)C2=O)C(=O)O. The first-order chi connectivity index (χ1) is 12.8. The van der Waals surface area contributed by atoms with Crippen LogP contribution >= 0.6 is 0 Å². The second-order valence-corrected chi connectivity index (χ2v) is 7.57. The lowest BCUT2D eigenvalue weighted by Crippen LogP contribution is -2.44. The van der Waals surface area contributed by atoms with E-state index in [4.69, 9.17) is 0 Å². The number of amides is 3. The van der Waals surface area contributed by atoms with Crippen LogP contribution in [0.2, 0.25) is 0 Å². The predicted molar refractivity (Wildman–Crippen MR) is 97.5 cm³/mol. The number of benzene rings is 1. The smallest absolute Gasteiger partial charge is 0.326 e. The first-order valence-corrected chi connectivity index (χ1v) is 9.37. The van der Waals surface area contributed by atoms with Crippen LogP contribution in [0.15, 0.2) is 18.2 Å². The van der Waals surface area contributed by atoms with E-state index in [0.717, 1.165) is 32.1 Å². The first-order valence-electron chi connectivity index (χ1n) is 9.37. The maximum Gasteiger partial charge on any atom is 0.326 e. The summed E-state index contributed by atoms with van der Waals surface area (Å²) in [5.41, 5.74) is 0.697. The Balaban J connectivity index is 1.83. The van der Waals surface area contributed by atoms with Crippen LogP contribution < -0.4 is 5.32 Å². The average molecular weight is 372 g/mol. The molecular weight excluding hydrogens is 348 g/mol. The highest BCUT2D eigenvalue weighted by Crippen LogP contribution is 2.31. The number of carboxylic acid groups (broad SMARTS) is 1. The van der Waals surface area contributed by atoms with E-state index in [2.05, 4.69) is 5.32 Å². The Kier molecular flexibility index (Phi) is 5.30. The van der Waals surface area contributed by atoms with Crippen molar-refractivity contribution in [1.82, 2.24) is 10.2 Å². The normalized spacial score (nSPS) is 18.6. The van der Waals surface area contributed by atoms with Crippen LogP contribution in [0.4, 0.5) is 0 Å². The maximum absolute atomic E-state index is 12.8. The molecule has 0 saturated heterocycles. The highest BCUT2D eigenvalue weighted by atomic mass is 16.4. The van der Waals surface area contributed by atoms with Crippen LogP contribution in [0, 0.1) is 5.92 Å². The maximum atomic E-state index is 12.8. The number of imide groups is 1. The summed E-state index contributed by atoms with van der Waals surface area (Å²) in [6, 6.07) is 3.23. The molecule has 2 aliphatic rings. The fourth-order valence-corrected chi connectivity index (χ4v) is 3.81. The molecule has 3 amide bonds. The van der Waals surface area contributed by atoms with Gasteiger partial charge in [0, 0.05) is 11.6 Å². The topological polar surface area (TPSA) is 104 Å². The van der Waals surface area contributed by atoms with Gasteiger partial charge < -0.3 is 10.4 Å². The van der Waals surface area contributed by atoms with Crippen molar-refractivity contribution < 1.29 is 24.3 Å². The number of aliphatic carboxylic acids is 1. The Hall–Kier alpha value is -2.70. The van der Waals surface area contributed by atoms with Gasteiger partial charge in [-0.25, -0.2) is 4.79 Å². The fraction of sp³-hybridized carbons (Fsp3) is 0.500. The number of hydrogen-bond acceptors (Lipinski definition) is 4. The van der Waals surface area contributed by atoms with Gasteiger partial charge in [0.15, 0.2) is 0 Å². The van der Waals surface area contributed by atoms with Crippen molar-refractivity contribution in [3.8, 4) is 0 Å². The number of carbonyl (C=O) groups is 4. The highest BCUT2D eigenvalue weighted by Gasteiger charge is 2.40. The Morgan fingerprint density at radius 1 is 1.07 bits per heavy atom. The van der Waals surface area contributed by atoms with Crippen LogP contribution in [0.1, 0.15) is 77.0 Å². The lowest BCUT2D eigenvalue weighted by Gasteiger charge is -2.29. The molecule has 3 rings (SSSR count). The van der Waals surface area contributed by atoms with Gasteiger partial charge in [-0.15, -0.1) is 0 Å². The molecule has 1 saturated carbocycles. The second-order valence-electron chi connectivity index (χ2n) is 7.57. The third-order valence-electron chi connectivity index (χ3n) is 5.34. The van der Waals surface area contributed by atoms with Crippen molar-refractivity contribution in [3.63, 3.8) is 0 Å². The summed E-state index contributed by atoms with van der Waals surface area (Å²) in [5, 5.41) is 11.7. The van der Waals surface area contributed by atoms with Crippen LogP contribution in [-0.4, -0.2) is 45.8 Å². The molecule has 1 fully saturated rings. The minimum atomic E-state index is -1.12. The van der Waals surface area contributed by atoms with Gasteiger partial charge in [-0.2, -0.15) is 0 Å². The van der Waals surface area contributed by atoms with E-state index in [1.54, 1.807) is 13.8 Å². The molecule has 1 aliphatic carbocycles. The first kappa shape index (κ1) is 19.1. The number of rotatable bonds is 5. The van der Waals surface area contributed by atoms with E-state index in [-0.39, 0.29) is 34.9 Å². The third kappa shape index (κ3) is 3.59. The number of carbonyl (C=O) groups excluding carboxylic acids is 3. The van der Waals surface area contributed by atoms with Crippen molar-refractivity contribution in [2.24, 2.45) is 5.92 Å². The number of carboxylic acids is 1. The molecule has 0 spiro atoms. The highest BCUT2D eigenvalue weighted by molar-refractivity contribution is 6.22. The third-order valence-corrected chi connectivity index (χ3v) is 5.34. The summed E-state index contributed by atoms with van der Waals surface area (Å²) in [4.78, 5) is 50.5. The molecule has 7 heteroatoms. The van der Waals surface area contributed by atoms with Crippen molar-refractivity contribution in [2.45, 2.75) is 58.0 Å². The molecule has 27 heavy (non-hydrogen) atoms. The molecule has 1 aromatic rings. The van der Waals surface area contributed by atoms with Gasteiger partial charge >= 0.3 is 5.97 Å². The van der Waals surface area contributed by atoms with Crippen molar-refractivity contribution in [3.05, 3.63) is 34.9 Å². The van der Waals surface area contributed by atoms with E-state index < -0.39 is 17.9 Å². The van der Waals surface area contributed by atoms with Gasteiger partial charge in [-0.3, -0.25) is 19.3 Å². The van der Waals surface area contributed by atoms with Crippen molar-refractivity contribution in [2.75, 3.05) is 0 Å². The van der Waals surface area contributed by atoms with E-state index in [1.165, 1.54) is 23.1 Å². The standard InChI is InChI=1S/C20H24N2O5/c1-11(2)16(20(26)27)21-17(23)12-8-9-14-15(10-12)19(25)22(18(14)24)13-6-4-3-5-7-13/h8-11,13,16H,3-7H2,1-2H3,(H,21,23)(H,26,27)/t16-/m0/s1. The number of hydrogen-bond donors (Lipinski definition) is 2. The van der Waals surface area contributed by atoms with Gasteiger partial charge in [0.1, 0.15) is 6.04 Å². The zero-order valence-corrected chi connectivity index (χ0v) is 15.5. The zero-order chi connectivity index (χ0) is 19.7. The molecule has 7 nitrogen and oxygen atoms in total. The lowest BCUT2D eigenvalue weighted by atomic mass is 9.94. The predicted octanol–water partition coefficient (Wildman–Crippen LogP) is 2.45. The van der Waals surface area contributed by atoms with E-state index >= 15 is 0 Å². The molecule has 1 atom stereocenters. The summed E-state index contributed by atoms with van der Waals surface area (Å²) >= 11 is 0. The molecule has 0 bridgehead atoms. The quantitative estimate of drug-likeness (QED) is 0.773. The summed E-state index contributed by atoms with van der Waals surface area (Å²) in [5.74, 6) is -2.65. The molecule has 1 aromatic carbocycles. The van der Waals surface area contributed by atoms with Crippen LogP contribution in [0.3, 0.4) is 0 Å². The summed E-state index contributed by atoms with van der Waals surface area (Å²) in [7, 11) is 0. The Morgan fingerprint density at radius 3 is 2.30 bits per heavy atom. The largest absolute Gasteiger partial charge is 0.480 e. The molecule has 0 radical (unpaired) electrons. The van der Waals surface area contributed by atoms with Gasteiger partial charge in [0.25, 0.3) is 17.7 Å². The fourth-order valence-electron chi connectivity index (χ4n) is 3.81. The summed E-state index contributed by atoms with van der Waals surface area (Å²) in [6.45, 7) is 3.40. The van der Waals surface area contributed by atoms with E-state index in [0.29, 0.717) is 5.56 Å². The molecule has 1 aliphatic heterocycles. The lowest BCUT2D eigenvalue weighted by molar-refractivity contribution is -0.140. The molecule has 0 unspecified atom stereocenters. The van der Waals surface area contributed by atoms with Gasteiger partial charge in [0.2, 0.25) is 0 Å². The molecule has 2 N–H and O–H groups in total. The second kappa shape index (κ2) is 7.50. The van der Waals surface area contributed by atoms with Crippen LogP contribution in [0.5, 0.6) is 0 Å². The average Bonchev–Trinajstić information content (AvgIpc) is 2.90. The molecular formula is C20H24N2O5. The van der Waals surface area contributed by atoms with Crippen molar-refractivity contribution in [1.29, 1.82) is 0 Å². The Labute approximate surface area is 157 Å². The van der Waals surface area contributed by atoms with E-state index in [9.17, 15) is 24.3 Å². The molecule has 0 aromatic heterocycles. The molecule has 1 heterocycles. The van der Waals surface area contributed by atoms with Gasteiger partial charge in [-0.1, -0.05) is 33.1 Å². The number of nitrogens with zero attached hydrogens (tertiary/aromatic N) is 1.